The minimum Gasteiger partial charge on any atom is -0.459 e. The lowest BCUT2D eigenvalue weighted by Crippen LogP contribution is -2.39. The highest BCUT2D eigenvalue weighted by Gasteiger charge is 2.17. The van der Waals surface area contributed by atoms with Gasteiger partial charge in [0.15, 0.2) is 5.76 Å². The lowest BCUT2D eigenvalue weighted by Gasteiger charge is -2.27. The number of nitrogens with one attached hydrogen (secondary N) is 2. The molecule has 0 spiro atoms. The van der Waals surface area contributed by atoms with Crippen LogP contribution in [0.15, 0.2) is 22.8 Å². The maximum absolute atomic E-state index is 11.6. The van der Waals surface area contributed by atoms with E-state index in [0.717, 1.165) is 12.5 Å². The number of rotatable bonds is 5. The normalized spacial score (nSPS) is 23.8. The molecule has 1 aliphatic rings. The summed E-state index contributed by atoms with van der Waals surface area (Å²) in [5.74, 6) is 1.06. The third-order valence-corrected chi connectivity index (χ3v) is 3.52. The predicted molar refractivity (Wildman–Crippen MR) is 70.5 cm³/mol. The minimum atomic E-state index is -0.140. The van der Waals surface area contributed by atoms with Crippen molar-refractivity contribution in [3.8, 4) is 0 Å². The summed E-state index contributed by atoms with van der Waals surface area (Å²) < 4.78 is 5.02. The molecule has 0 radical (unpaired) electrons. The number of furan rings is 1. The van der Waals surface area contributed by atoms with Crippen molar-refractivity contribution in [3.63, 3.8) is 0 Å². The van der Waals surface area contributed by atoms with Gasteiger partial charge in [0.05, 0.1) is 6.26 Å². The number of amides is 1. The van der Waals surface area contributed by atoms with E-state index in [9.17, 15) is 4.79 Å². The van der Waals surface area contributed by atoms with Gasteiger partial charge in [-0.1, -0.05) is 19.8 Å². The van der Waals surface area contributed by atoms with E-state index in [-0.39, 0.29) is 5.91 Å². The Morgan fingerprint density at radius 1 is 1.44 bits per heavy atom. The minimum absolute atomic E-state index is 0.140. The van der Waals surface area contributed by atoms with Crippen molar-refractivity contribution in [1.82, 2.24) is 10.6 Å². The molecule has 18 heavy (non-hydrogen) atoms. The van der Waals surface area contributed by atoms with Gasteiger partial charge in [-0.05, 0) is 30.9 Å². The van der Waals surface area contributed by atoms with Crippen LogP contribution in [0.5, 0.6) is 0 Å². The lowest BCUT2D eigenvalue weighted by molar-refractivity contribution is 0.0925. The second-order valence-corrected chi connectivity index (χ2v) is 5.16. The van der Waals surface area contributed by atoms with Gasteiger partial charge in [0.2, 0.25) is 0 Å². The van der Waals surface area contributed by atoms with Gasteiger partial charge in [0.25, 0.3) is 5.91 Å². The molecule has 0 saturated heterocycles. The first-order valence-electron chi connectivity index (χ1n) is 6.81. The van der Waals surface area contributed by atoms with E-state index in [1.807, 2.05) is 0 Å². The molecule has 0 unspecified atom stereocenters. The monoisotopic (exact) mass is 250 g/mol. The Balaban J connectivity index is 1.60. The van der Waals surface area contributed by atoms with Crippen LogP contribution in [0, 0.1) is 5.92 Å². The van der Waals surface area contributed by atoms with Crippen LogP contribution in [0.4, 0.5) is 0 Å². The van der Waals surface area contributed by atoms with Crippen molar-refractivity contribution in [2.45, 2.75) is 38.6 Å². The predicted octanol–water partition coefficient (Wildman–Crippen LogP) is 2.18. The molecule has 4 heteroatoms. The summed E-state index contributed by atoms with van der Waals surface area (Å²) in [5, 5.41) is 6.35. The van der Waals surface area contributed by atoms with Gasteiger partial charge in [-0.2, -0.15) is 0 Å². The van der Waals surface area contributed by atoms with Crippen LogP contribution in [0.25, 0.3) is 0 Å². The van der Waals surface area contributed by atoms with E-state index in [1.54, 1.807) is 12.1 Å². The van der Waals surface area contributed by atoms with Crippen LogP contribution in [0.3, 0.4) is 0 Å². The molecule has 1 aromatic heterocycles. The molecule has 1 amide bonds. The molecule has 2 N–H and O–H groups in total. The van der Waals surface area contributed by atoms with Crippen molar-refractivity contribution in [3.05, 3.63) is 24.2 Å². The Hall–Kier alpha value is -1.29. The molecule has 1 saturated carbocycles. The molecule has 100 valence electrons. The van der Waals surface area contributed by atoms with Gasteiger partial charge in [-0.25, -0.2) is 0 Å². The average Bonchev–Trinajstić information content (AvgIpc) is 2.88. The van der Waals surface area contributed by atoms with E-state index in [4.69, 9.17) is 4.42 Å². The van der Waals surface area contributed by atoms with Crippen LogP contribution >= 0.6 is 0 Å². The van der Waals surface area contributed by atoms with Gasteiger partial charge < -0.3 is 15.1 Å². The fourth-order valence-corrected chi connectivity index (χ4v) is 2.57. The van der Waals surface area contributed by atoms with Crippen LogP contribution in [-0.4, -0.2) is 25.0 Å². The molecule has 1 aromatic rings. The first-order valence-corrected chi connectivity index (χ1v) is 6.81. The van der Waals surface area contributed by atoms with E-state index in [1.165, 1.54) is 31.9 Å². The lowest BCUT2D eigenvalue weighted by atomic mass is 9.87. The van der Waals surface area contributed by atoms with E-state index < -0.39 is 0 Å². The highest BCUT2D eigenvalue weighted by molar-refractivity contribution is 5.91. The number of hydrogen-bond donors (Lipinski definition) is 2. The van der Waals surface area contributed by atoms with Crippen molar-refractivity contribution in [2.24, 2.45) is 5.92 Å². The van der Waals surface area contributed by atoms with Crippen LogP contribution in [0.1, 0.15) is 43.2 Å². The summed E-state index contributed by atoms with van der Waals surface area (Å²) in [6, 6.07) is 4.01. The zero-order valence-corrected chi connectivity index (χ0v) is 10.9. The molecule has 2 rings (SSSR count). The molecule has 1 heterocycles. The maximum atomic E-state index is 11.6. The molecule has 0 aliphatic heterocycles. The van der Waals surface area contributed by atoms with E-state index >= 15 is 0 Å². The number of hydrogen-bond acceptors (Lipinski definition) is 3. The topological polar surface area (TPSA) is 54.3 Å². The fourth-order valence-electron chi connectivity index (χ4n) is 2.57. The molecule has 0 bridgehead atoms. The molecule has 1 aliphatic carbocycles. The summed E-state index contributed by atoms with van der Waals surface area (Å²) in [6.45, 7) is 3.78. The second kappa shape index (κ2) is 6.59. The number of carbonyl (C=O) groups is 1. The summed E-state index contributed by atoms with van der Waals surface area (Å²) in [4.78, 5) is 11.6. The SMILES string of the molecule is C[C@@H]1CCC[C@H](NCCNC(=O)c2ccco2)C1. The Kier molecular flexibility index (Phi) is 4.81. The largest absolute Gasteiger partial charge is 0.459 e. The smallest absolute Gasteiger partial charge is 0.287 e. The van der Waals surface area contributed by atoms with Gasteiger partial charge in [-0.3, -0.25) is 4.79 Å². The van der Waals surface area contributed by atoms with Gasteiger partial charge in [0.1, 0.15) is 0 Å². The third kappa shape index (κ3) is 3.88. The zero-order chi connectivity index (χ0) is 12.8. The first kappa shape index (κ1) is 13.1. The fraction of sp³-hybridized carbons (Fsp3) is 0.643. The Morgan fingerprint density at radius 3 is 3.06 bits per heavy atom. The molecule has 0 aromatic carbocycles. The molecular weight excluding hydrogens is 228 g/mol. The van der Waals surface area contributed by atoms with E-state index in [0.29, 0.717) is 18.3 Å². The highest BCUT2D eigenvalue weighted by atomic mass is 16.3. The Bertz CT molecular complexity index is 362. The molecular formula is C14H22N2O2. The quantitative estimate of drug-likeness (QED) is 0.788. The average molecular weight is 250 g/mol. The molecule has 2 atom stereocenters. The second-order valence-electron chi connectivity index (χ2n) is 5.16. The number of carbonyl (C=O) groups excluding carboxylic acids is 1. The zero-order valence-electron chi connectivity index (χ0n) is 10.9. The van der Waals surface area contributed by atoms with Crippen LogP contribution < -0.4 is 10.6 Å². The van der Waals surface area contributed by atoms with Gasteiger partial charge >= 0.3 is 0 Å². The molecule has 1 fully saturated rings. The Morgan fingerprint density at radius 2 is 2.33 bits per heavy atom. The van der Waals surface area contributed by atoms with Gasteiger partial charge in [0, 0.05) is 19.1 Å². The van der Waals surface area contributed by atoms with Crippen molar-refractivity contribution >= 4 is 5.91 Å². The summed E-state index contributed by atoms with van der Waals surface area (Å²) in [5.41, 5.74) is 0. The van der Waals surface area contributed by atoms with Crippen molar-refractivity contribution in [1.29, 1.82) is 0 Å². The Labute approximate surface area is 108 Å². The van der Waals surface area contributed by atoms with Crippen molar-refractivity contribution < 1.29 is 9.21 Å². The van der Waals surface area contributed by atoms with E-state index in [2.05, 4.69) is 17.6 Å². The third-order valence-electron chi connectivity index (χ3n) is 3.52. The first-order chi connectivity index (χ1) is 8.75. The molecule has 4 nitrogen and oxygen atoms in total. The summed E-state index contributed by atoms with van der Waals surface area (Å²) in [7, 11) is 0. The van der Waals surface area contributed by atoms with Gasteiger partial charge in [-0.15, -0.1) is 0 Å². The van der Waals surface area contributed by atoms with Crippen molar-refractivity contribution in [2.75, 3.05) is 13.1 Å². The maximum Gasteiger partial charge on any atom is 0.287 e. The highest BCUT2D eigenvalue weighted by Crippen LogP contribution is 2.23. The van der Waals surface area contributed by atoms with Crippen LogP contribution in [0.2, 0.25) is 0 Å². The van der Waals surface area contributed by atoms with Crippen LogP contribution in [-0.2, 0) is 0 Å². The summed E-state index contributed by atoms with van der Waals surface area (Å²) in [6.07, 6.45) is 6.70. The summed E-state index contributed by atoms with van der Waals surface area (Å²) >= 11 is 0. The standard InChI is InChI=1S/C14H22N2O2/c1-11-4-2-5-12(10-11)15-7-8-16-14(17)13-6-3-9-18-13/h3,6,9,11-12,15H,2,4-5,7-8,10H2,1H3,(H,16,17)/t11-,12+/m1/s1.